The highest BCUT2D eigenvalue weighted by molar-refractivity contribution is 9.10. The molecule has 3 rings (SSSR count). The average Bonchev–Trinajstić information content (AvgIpc) is 2.86. The highest BCUT2D eigenvalue weighted by atomic mass is 79.9. The molecule has 20 heavy (non-hydrogen) atoms. The van der Waals surface area contributed by atoms with Crippen LogP contribution in [0.5, 0.6) is 0 Å². The highest BCUT2D eigenvalue weighted by Crippen LogP contribution is 2.26. The molecule has 1 N–H and O–H groups in total. The summed E-state index contributed by atoms with van der Waals surface area (Å²) < 4.78 is 2.69. The molecule has 6 nitrogen and oxygen atoms in total. The molecule has 0 saturated heterocycles. The van der Waals surface area contributed by atoms with Crippen LogP contribution in [0.25, 0.3) is 0 Å². The van der Waals surface area contributed by atoms with Gasteiger partial charge < -0.3 is 5.11 Å². The summed E-state index contributed by atoms with van der Waals surface area (Å²) in [4.78, 5) is 17.7. The maximum absolute atomic E-state index is 11.7. The van der Waals surface area contributed by atoms with Gasteiger partial charge in [-0.15, -0.1) is 0 Å². The van der Waals surface area contributed by atoms with Crippen molar-refractivity contribution in [1.82, 2.24) is 19.7 Å². The summed E-state index contributed by atoms with van der Waals surface area (Å²) in [6, 6.07) is 6.75. The molecule has 0 saturated carbocycles. The number of rotatable bonds is 3. The van der Waals surface area contributed by atoms with E-state index in [0.29, 0.717) is 19.6 Å². The number of carboxylic acids is 1. The minimum atomic E-state index is -0.851. The second-order valence-electron chi connectivity index (χ2n) is 4.67. The van der Waals surface area contributed by atoms with Crippen molar-refractivity contribution >= 4 is 21.9 Å². The largest absolute Gasteiger partial charge is 0.480 e. The van der Waals surface area contributed by atoms with Crippen molar-refractivity contribution in [3.63, 3.8) is 0 Å². The van der Waals surface area contributed by atoms with Crippen LogP contribution in [0.1, 0.15) is 17.4 Å². The van der Waals surface area contributed by atoms with Crippen LogP contribution in [0.2, 0.25) is 0 Å². The van der Waals surface area contributed by atoms with Gasteiger partial charge in [-0.1, -0.05) is 28.1 Å². The van der Waals surface area contributed by atoms with E-state index in [1.165, 1.54) is 6.33 Å². The Hall–Kier alpha value is -1.73. The summed E-state index contributed by atoms with van der Waals surface area (Å²) in [6.45, 7) is 1.79. The molecule has 0 spiro atoms. The van der Waals surface area contributed by atoms with E-state index in [9.17, 15) is 9.90 Å². The number of carboxylic acid groups (broad SMARTS) is 1. The van der Waals surface area contributed by atoms with Crippen LogP contribution in [0, 0.1) is 0 Å². The zero-order valence-electron chi connectivity index (χ0n) is 10.6. The second kappa shape index (κ2) is 5.34. The molecule has 0 bridgehead atoms. The van der Waals surface area contributed by atoms with Crippen LogP contribution >= 0.6 is 15.9 Å². The molecular formula is C13H13BrN4O2. The minimum absolute atomic E-state index is 0.490. The number of fused-ring (bicyclic) bond motifs is 1. The van der Waals surface area contributed by atoms with E-state index in [1.807, 2.05) is 33.8 Å². The Morgan fingerprint density at radius 3 is 3.00 bits per heavy atom. The van der Waals surface area contributed by atoms with Gasteiger partial charge in [0.15, 0.2) is 0 Å². The van der Waals surface area contributed by atoms with Gasteiger partial charge in [-0.3, -0.25) is 9.69 Å². The van der Waals surface area contributed by atoms with Crippen molar-refractivity contribution in [2.45, 2.75) is 19.1 Å². The van der Waals surface area contributed by atoms with E-state index in [4.69, 9.17) is 0 Å². The summed E-state index contributed by atoms with van der Waals surface area (Å²) >= 11 is 3.39. The fourth-order valence-electron chi connectivity index (χ4n) is 2.49. The smallest absolute Gasteiger partial charge is 0.325 e. The molecule has 1 aliphatic heterocycles. The second-order valence-corrected chi connectivity index (χ2v) is 5.58. The van der Waals surface area contributed by atoms with E-state index in [2.05, 4.69) is 26.0 Å². The van der Waals surface area contributed by atoms with Gasteiger partial charge in [0.2, 0.25) is 0 Å². The number of aromatic nitrogens is 3. The summed E-state index contributed by atoms with van der Waals surface area (Å²) in [5.74, 6) is -0.0476. The Kier molecular flexibility index (Phi) is 3.54. The number of benzene rings is 1. The van der Waals surface area contributed by atoms with Crippen LogP contribution in [0.3, 0.4) is 0 Å². The van der Waals surface area contributed by atoms with Crippen LogP contribution in [0.15, 0.2) is 35.1 Å². The minimum Gasteiger partial charge on any atom is -0.480 e. The van der Waals surface area contributed by atoms with Crippen molar-refractivity contribution in [3.05, 3.63) is 46.5 Å². The maximum atomic E-state index is 11.7. The van der Waals surface area contributed by atoms with Crippen LogP contribution in [-0.2, 0) is 17.9 Å². The average molecular weight is 337 g/mol. The molecular weight excluding hydrogens is 324 g/mol. The number of hydrogen-bond acceptors (Lipinski definition) is 4. The van der Waals surface area contributed by atoms with Gasteiger partial charge in [-0.05, 0) is 17.7 Å². The van der Waals surface area contributed by atoms with E-state index in [1.54, 1.807) is 0 Å². The third-order valence-corrected chi connectivity index (χ3v) is 3.90. The Labute approximate surface area is 124 Å². The first-order chi connectivity index (χ1) is 9.65. The van der Waals surface area contributed by atoms with Crippen LogP contribution in [-0.4, -0.2) is 37.3 Å². The molecule has 0 amide bonds. The monoisotopic (exact) mass is 336 g/mol. The maximum Gasteiger partial charge on any atom is 0.325 e. The Balaban J connectivity index is 1.91. The summed E-state index contributed by atoms with van der Waals surface area (Å²) in [7, 11) is 0. The molecule has 1 aliphatic rings. The molecule has 1 atom stereocenters. The van der Waals surface area contributed by atoms with Gasteiger partial charge in [0.1, 0.15) is 18.2 Å². The number of nitrogens with zero attached hydrogens (tertiary/aromatic N) is 4. The van der Waals surface area contributed by atoms with Gasteiger partial charge in [0.25, 0.3) is 0 Å². The lowest BCUT2D eigenvalue weighted by atomic mass is 10.0. The lowest BCUT2D eigenvalue weighted by Crippen LogP contribution is -2.40. The first-order valence-corrected chi connectivity index (χ1v) is 7.03. The van der Waals surface area contributed by atoms with E-state index in [0.717, 1.165) is 15.9 Å². The van der Waals surface area contributed by atoms with Crippen molar-refractivity contribution < 1.29 is 9.90 Å². The van der Waals surface area contributed by atoms with Gasteiger partial charge in [-0.25, -0.2) is 9.67 Å². The van der Waals surface area contributed by atoms with Gasteiger partial charge in [0, 0.05) is 11.0 Å². The highest BCUT2D eigenvalue weighted by Gasteiger charge is 2.31. The zero-order valence-corrected chi connectivity index (χ0v) is 12.2. The first kappa shape index (κ1) is 13.3. The molecule has 2 heterocycles. The van der Waals surface area contributed by atoms with Crippen molar-refractivity contribution in [3.8, 4) is 0 Å². The van der Waals surface area contributed by atoms with Crippen molar-refractivity contribution in [2.24, 2.45) is 0 Å². The predicted octanol–water partition coefficient (Wildman–Crippen LogP) is 1.68. The van der Waals surface area contributed by atoms with Gasteiger partial charge in [-0.2, -0.15) is 5.10 Å². The molecule has 1 unspecified atom stereocenters. The lowest BCUT2D eigenvalue weighted by molar-refractivity contribution is -0.144. The normalized spacial score (nSPS) is 16.6. The summed E-state index contributed by atoms with van der Waals surface area (Å²) in [5.41, 5.74) is 0.764. The first-order valence-electron chi connectivity index (χ1n) is 6.24. The third-order valence-electron chi connectivity index (χ3n) is 3.40. The van der Waals surface area contributed by atoms with Crippen LogP contribution in [0.4, 0.5) is 0 Å². The fourth-order valence-corrected chi connectivity index (χ4v) is 2.90. The van der Waals surface area contributed by atoms with Crippen molar-refractivity contribution in [1.29, 1.82) is 0 Å². The van der Waals surface area contributed by atoms with E-state index >= 15 is 0 Å². The predicted molar refractivity (Wildman–Crippen MR) is 75.0 cm³/mol. The van der Waals surface area contributed by atoms with Crippen LogP contribution < -0.4 is 0 Å². The fraction of sp³-hybridized carbons (Fsp3) is 0.308. The molecule has 0 radical (unpaired) electrons. The number of aliphatic carboxylic acids is 1. The molecule has 2 aromatic rings. The Morgan fingerprint density at radius 2 is 2.25 bits per heavy atom. The summed E-state index contributed by atoms with van der Waals surface area (Å²) in [5, 5.41) is 13.7. The Morgan fingerprint density at radius 1 is 1.40 bits per heavy atom. The molecule has 1 aromatic heterocycles. The third kappa shape index (κ3) is 2.46. The molecule has 0 fully saturated rings. The van der Waals surface area contributed by atoms with Gasteiger partial charge >= 0.3 is 5.97 Å². The lowest BCUT2D eigenvalue weighted by Gasteiger charge is -2.31. The van der Waals surface area contributed by atoms with Crippen molar-refractivity contribution in [2.75, 3.05) is 6.54 Å². The number of carbonyl (C=O) groups is 1. The number of hydrogen-bond donors (Lipinski definition) is 1. The molecule has 0 aliphatic carbocycles. The molecule has 1 aromatic carbocycles. The molecule has 104 valence electrons. The SMILES string of the molecule is O=C(O)C(c1cccc(Br)c1)N1CCn2ncnc2C1. The quantitative estimate of drug-likeness (QED) is 0.923. The number of halogens is 1. The summed E-state index contributed by atoms with van der Waals surface area (Å²) in [6.07, 6.45) is 1.51. The molecule has 7 heteroatoms. The van der Waals surface area contributed by atoms with E-state index < -0.39 is 12.0 Å². The topological polar surface area (TPSA) is 71.2 Å². The Bertz CT molecular complexity index is 643. The standard InChI is InChI=1S/C13H13BrN4O2/c14-10-3-1-2-9(6-10)12(13(19)20)17-4-5-18-11(7-17)15-8-16-18/h1-3,6,8,12H,4-5,7H2,(H,19,20). The van der Waals surface area contributed by atoms with Gasteiger partial charge in [0.05, 0.1) is 13.1 Å². The van der Waals surface area contributed by atoms with E-state index in [-0.39, 0.29) is 0 Å². The zero-order chi connectivity index (χ0) is 14.1.